The highest BCUT2D eigenvalue weighted by Gasteiger charge is 2.03. The van der Waals surface area contributed by atoms with Gasteiger partial charge in [-0.05, 0) is 17.7 Å². The molecule has 3 rings (SSSR count). The second-order valence-electron chi connectivity index (χ2n) is 4.14. The van der Waals surface area contributed by atoms with Gasteiger partial charge in [-0.15, -0.1) is 0 Å². The molecule has 3 heteroatoms. The van der Waals surface area contributed by atoms with Crippen molar-refractivity contribution in [3.05, 3.63) is 60.0 Å². The molecule has 0 aliphatic carbocycles. The first-order valence-corrected chi connectivity index (χ1v) is 5.85. The summed E-state index contributed by atoms with van der Waals surface area (Å²) in [6.07, 6.45) is 0. The minimum absolute atomic E-state index is 0.555. The van der Waals surface area contributed by atoms with Crippen LogP contribution in [0.2, 0.25) is 0 Å². The lowest BCUT2D eigenvalue weighted by molar-refractivity contribution is 0.306. The van der Waals surface area contributed by atoms with Gasteiger partial charge in [-0.25, -0.2) is 4.98 Å². The quantitative estimate of drug-likeness (QED) is 0.698. The number of hydrogen-bond donors (Lipinski definition) is 0. The van der Waals surface area contributed by atoms with Gasteiger partial charge in [0.15, 0.2) is 11.5 Å². The zero-order chi connectivity index (χ0) is 12.4. The van der Waals surface area contributed by atoms with E-state index in [1.807, 2.05) is 55.5 Å². The summed E-state index contributed by atoms with van der Waals surface area (Å²) in [6, 6.07) is 15.8. The molecule has 0 saturated carbocycles. The van der Waals surface area contributed by atoms with Crippen molar-refractivity contribution in [1.29, 1.82) is 0 Å². The monoisotopic (exact) mass is 239 g/mol. The van der Waals surface area contributed by atoms with Crippen LogP contribution in [0.4, 0.5) is 0 Å². The van der Waals surface area contributed by atoms with Gasteiger partial charge in [0.25, 0.3) is 0 Å². The van der Waals surface area contributed by atoms with E-state index >= 15 is 0 Å². The molecule has 18 heavy (non-hydrogen) atoms. The molecule has 0 radical (unpaired) electrons. The SMILES string of the molecule is Cc1nc2ccc(OCc3ccccc3)cc2o1. The van der Waals surface area contributed by atoms with E-state index in [2.05, 4.69) is 4.98 Å². The van der Waals surface area contributed by atoms with E-state index in [4.69, 9.17) is 9.15 Å². The smallest absolute Gasteiger partial charge is 0.192 e. The van der Waals surface area contributed by atoms with Gasteiger partial charge in [0.05, 0.1) is 0 Å². The Morgan fingerprint density at radius 1 is 1.11 bits per heavy atom. The van der Waals surface area contributed by atoms with E-state index in [0.29, 0.717) is 12.5 Å². The summed E-state index contributed by atoms with van der Waals surface area (Å²) in [7, 11) is 0. The topological polar surface area (TPSA) is 35.3 Å². The normalized spacial score (nSPS) is 10.7. The van der Waals surface area contributed by atoms with Gasteiger partial charge < -0.3 is 9.15 Å². The maximum Gasteiger partial charge on any atom is 0.192 e. The molecule has 1 aromatic heterocycles. The Hall–Kier alpha value is -2.29. The van der Waals surface area contributed by atoms with Crippen LogP contribution in [0.25, 0.3) is 11.1 Å². The lowest BCUT2D eigenvalue weighted by Crippen LogP contribution is -1.94. The fourth-order valence-corrected chi connectivity index (χ4v) is 1.85. The van der Waals surface area contributed by atoms with Crippen LogP contribution in [-0.2, 0) is 6.61 Å². The summed E-state index contributed by atoms with van der Waals surface area (Å²) in [5.41, 5.74) is 2.77. The Bertz CT molecular complexity index is 659. The third-order valence-corrected chi connectivity index (χ3v) is 2.72. The Kier molecular flexibility index (Phi) is 2.73. The molecule has 0 bridgehead atoms. The fraction of sp³-hybridized carbons (Fsp3) is 0.133. The van der Waals surface area contributed by atoms with E-state index in [9.17, 15) is 0 Å². The van der Waals surface area contributed by atoms with Crippen molar-refractivity contribution in [3.8, 4) is 5.75 Å². The lowest BCUT2D eigenvalue weighted by atomic mass is 10.2. The van der Waals surface area contributed by atoms with Crippen LogP contribution in [0, 0.1) is 6.92 Å². The number of ether oxygens (including phenoxy) is 1. The average Bonchev–Trinajstić information content (AvgIpc) is 2.77. The van der Waals surface area contributed by atoms with Crippen LogP contribution >= 0.6 is 0 Å². The van der Waals surface area contributed by atoms with Crippen molar-refractivity contribution in [2.24, 2.45) is 0 Å². The van der Waals surface area contributed by atoms with E-state index < -0.39 is 0 Å². The summed E-state index contributed by atoms with van der Waals surface area (Å²) >= 11 is 0. The van der Waals surface area contributed by atoms with Crippen LogP contribution in [0.5, 0.6) is 5.75 Å². The number of benzene rings is 2. The molecule has 90 valence electrons. The van der Waals surface area contributed by atoms with Crippen LogP contribution < -0.4 is 4.74 Å². The maximum absolute atomic E-state index is 5.72. The number of aryl methyl sites for hydroxylation is 1. The Morgan fingerprint density at radius 3 is 2.78 bits per heavy atom. The molecular formula is C15H13NO2. The van der Waals surface area contributed by atoms with Gasteiger partial charge in [0.2, 0.25) is 0 Å². The lowest BCUT2D eigenvalue weighted by Gasteiger charge is -2.05. The van der Waals surface area contributed by atoms with Gasteiger partial charge in [0, 0.05) is 13.0 Å². The van der Waals surface area contributed by atoms with Crippen LogP contribution in [-0.4, -0.2) is 4.98 Å². The van der Waals surface area contributed by atoms with Crippen molar-refractivity contribution in [2.45, 2.75) is 13.5 Å². The third kappa shape index (κ3) is 2.20. The third-order valence-electron chi connectivity index (χ3n) is 2.72. The largest absolute Gasteiger partial charge is 0.489 e. The highest BCUT2D eigenvalue weighted by molar-refractivity contribution is 5.74. The van der Waals surface area contributed by atoms with E-state index in [0.717, 1.165) is 22.4 Å². The molecular weight excluding hydrogens is 226 g/mol. The molecule has 0 amide bonds. The minimum atomic E-state index is 0.555. The Morgan fingerprint density at radius 2 is 1.94 bits per heavy atom. The minimum Gasteiger partial charge on any atom is -0.489 e. The molecule has 1 heterocycles. The molecule has 0 spiro atoms. The van der Waals surface area contributed by atoms with Crippen molar-refractivity contribution in [3.63, 3.8) is 0 Å². The van der Waals surface area contributed by atoms with Gasteiger partial charge in [-0.2, -0.15) is 0 Å². The summed E-state index contributed by atoms with van der Waals surface area (Å²) in [6.45, 7) is 2.39. The average molecular weight is 239 g/mol. The van der Waals surface area contributed by atoms with Crippen molar-refractivity contribution in [2.75, 3.05) is 0 Å². The molecule has 0 saturated heterocycles. The zero-order valence-electron chi connectivity index (χ0n) is 10.1. The first-order valence-electron chi connectivity index (χ1n) is 5.85. The van der Waals surface area contributed by atoms with Gasteiger partial charge >= 0.3 is 0 Å². The molecule has 0 aliphatic heterocycles. The van der Waals surface area contributed by atoms with Crippen LogP contribution in [0.1, 0.15) is 11.5 Å². The Balaban J connectivity index is 1.78. The highest BCUT2D eigenvalue weighted by Crippen LogP contribution is 2.22. The molecule has 2 aromatic carbocycles. The summed E-state index contributed by atoms with van der Waals surface area (Å²) < 4.78 is 11.2. The number of fused-ring (bicyclic) bond motifs is 1. The molecule has 0 N–H and O–H groups in total. The summed E-state index contributed by atoms with van der Waals surface area (Å²) in [5.74, 6) is 1.47. The number of nitrogens with zero attached hydrogens (tertiary/aromatic N) is 1. The van der Waals surface area contributed by atoms with E-state index in [-0.39, 0.29) is 0 Å². The van der Waals surface area contributed by atoms with Gasteiger partial charge in [0.1, 0.15) is 17.9 Å². The number of rotatable bonds is 3. The molecule has 0 fully saturated rings. The molecule has 3 aromatic rings. The van der Waals surface area contributed by atoms with Gasteiger partial charge in [-0.3, -0.25) is 0 Å². The predicted molar refractivity (Wildman–Crippen MR) is 69.5 cm³/mol. The Labute approximate surface area is 105 Å². The van der Waals surface area contributed by atoms with E-state index in [1.54, 1.807) is 0 Å². The van der Waals surface area contributed by atoms with Crippen molar-refractivity contribution < 1.29 is 9.15 Å². The summed E-state index contributed by atoms with van der Waals surface area (Å²) in [4.78, 5) is 4.25. The van der Waals surface area contributed by atoms with Crippen molar-refractivity contribution in [1.82, 2.24) is 4.98 Å². The van der Waals surface area contributed by atoms with Gasteiger partial charge in [-0.1, -0.05) is 30.3 Å². The molecule has 0 unspecified atom stereocenters. The highest BCUT2D eigenvalue weighted by atomic mass is 16.5. The first kappa shape index (κ1) is 10.8. The zero-order valence-corrected chi connectivity index (χ0v) is 10.1. The summed E-state index contributed by atoms with van der Waals surface area (Å²) in [5, 5.41) is 0. The fourth-order valence-electron chi connectivity index (χ4n) is 1.85. The maximum atomic E-state index is 5.72. The van der Waals surface area contributed by atoms with Crippen LogP contribution in [0.3, 0.4) is 0 Å². The second-order valence-corrected chi connectivity index (χ2v) is 4.14. The molecule has 0 aliphatic rings. The molecule has 3 nitrogen and oxygen atoms in total. The second kappa shape index (κ2) is 4.53. The standard InChI is InChI=1S/C15H13NO2/c1-11-16-14-8-7-13(9-15(14)18-11)17-10-12-5-3-2-4-6-12/h2-9H,10H2,1H3. The number of hydrogen-bond acceptors (Lipinski definition) is 3. The van der Waals surface area contributed by atoms with E-state index in [1.165, 1.54) is 0 Å². The van der Waals surface area contributed by atoms with Crippen molar-refractivity contribution >= 4 is 11.1 Å². The molecule has 0 atom stereocenters. The predicted octanol–water partition coefficient (Wildman–Crippen LogP) is 3.72. The number of oxazole rings is 1. The number of aromatic nitrogens is 1. The first-order chi connectivity index (χ1) is 8.81. The van der Waals surface area contributed by atoms with Crippen LogP contribution in [0.15, 0.2) is 52.9 Å².